The zero-order valence-electron chi connectivity index (χ0n) is 15.2. The predicted molar refractivity (Wildman–Crippen MR) is 108 cm³/mol. The number of aromatic nitrogens is 3. The number of aryl methyl sites for hydroxylation is 1. The average molecular weight is 405 g/mol. The van der Waals surface area contributed by atoms with E-state index < -0.39 is 11.2 Å². The van der Waals surface area contributed by atoms with Gasteiger partial charge in [-0.05, 0) is 49.5 Å². The minimum Gasteiger partial charge on any atom is -0.612 e. The summed E-state index contributed by atoms with van der Waals surface area (Å²) in [6, 6.07) is 9.26. The van der Waals surface area contributed by atoms with Gasteiger partial charge in [0, 0.05) is 12.7 Å². The van der Waals surface area contributed by atoms with Crippen LogP contribution in [0.5, 0.6) is 0 Å². The van der Waals surface area contributed by atoms with E-state index in [0.717, 1.165) is 53.5 Å². The number of benzene rings is 1. The first-order valence-corrected chi connectivity index (χ1v) is 10.8. The van der Waals surface area contributed by atoms with Crippen LogP contribution in [0.4, 0.5) is 11.4 Å². The molecule has 2 atom stereocenters. The van der Waals surface area contributed by atoms with E-state index in [0.29, 0.717) is 10.8 Å². The first-order valence-electron chi connectivity index (χ1n) is 8.91. The Bertz CT molecular complexity index is 970. The predicted octanol–water partition coefficient (Wildman–Crippen LogP) is 4.57. The first-order chi connectivity index (χ1) is 13.0. The van der Waals surface area contributed by atoms with Crippen LogP contribution in [-0.2, 0) is 15.9 Å². The quantitative estimate of drug-likeness (QED) is 0.509. The number of imidazole rings is 1. The van der Waals surface area contributed by atoms with Gasteiger partial charge < -0.3 is 14.6 Å². The van der Waals surface area contributed by atoms with E-state index in [-0.39, 0.29) is 6.23 Å². The molecule has 3 heterocycles. The van der Waals surface area contributed by atoms with E-state index in [2.05, 4.69) is 10.3 Å². The topological polar surface area (TPSA) is 75.0 Å². The SMILES string of the molecule is Cc1nc2c(Nc3ccccc3[S@+](C)[O-])cc(Cl)nc2n1C1CCCCO1. The van der Waals surface area contributed by atoms with E-state index in [4.69, 9.17) is 21.3 Å². The smallest absolute Gasteiger partial charge is 0.175 e. The number of hydrogen-bond acceptors (Lipinski definition) is 5. The molecule has 3 aromatic rings. The standard InChI is InChI=1S/C19H21ClN4O2S/c1-12-21-18-14(22-13-7-3-4-8-15(13)27(2)25)11-16(20)23-19(18)24(12)17-9-5-6-10-26-17/h3-4,7-8,11,17H,5-6,9-10H2,1-2H3,(H,22,23)/t17?,27-/m0/s1. The molecule has 4 rings (SSSR count). The molecule has 1 unspecified atom stereocenters. The molecule has 1 N–H and O–H groups in total. The van der Waals surface area contributed by atoms with E-state index in [1.807, 2.05) is 35.8 Å². The number of halogens is 1. The highest BCUT2D eigenvalue weighted by Gasteiger charge is 2.23. The van der Waals surface area contributed by atoms with Crippen LogP contribution in [0.2, 0.25) is 5.15 Å². The molecule has 1 aliphatic heterocycles. The second-order valence-corrected chi connectivity index (χ2v) is 8.33. The molecule has 0 spiro atoms. The summed E-state index contributed by atoms with van der Waals surface area (Å²) in [5.74, 6) is 0.835. The van der Waals surface area contributed by atoms with Gasteiger partial charge in [0.2, 0.25) is 0 Å². The number of nitrogens with one attached hydrogen (secondary N) is 1. The van der Waals surface area contributed by atoms with E-state index in [1.165, 1.54) is 0 Å². The van der Waals surface area contributed by atoms with Crippen LogP contribution in [0.1, 0.15) is 31.3 Å². The van der Waals surface area contributed by atoms with Crippen LogP contribution in [0.25, 0.3) is 11.2 Å². The van der Waals surface area contributed by atoms with Gasteiger partial charge in [-0.1, -0.05) is 23.7 Å². The minimum atomic E-state index is -1.11. The molecule has 0 aliphatic carbocycles. The van der Waals surface area contributed by atoms with Crippen molar-refractivity contribution in [1.29, 1.82) is 0 Å². The Morgan fingerprint density at radius 2 is 2.07 bits per heavy atom. The summed E-state index contributed by atoms with van der Waals surface area (Å²) in [6.45, 7) is 2.69. The number of para-hydroxylation sites is 1. The number of rotatable bonds is 4. The van der Waals surface area contributed by atoms with Crippen molar-refractivity contribution in [3.63, 3.8) is 0 Å². The Morgan fingerprint density at radius 1 is 1.26 bits per heavy atom. The normalized spacial score (nSPS) is 18.6. The number of ether oxygens (including phenoxy) is 1. The molecule has 27 heavy (non-hydrogen) atoms. The van der Waals surface area contributed by atoms with Gasteiger partial charge in [0.1, 0.15) is 29.0 Å². The number of hydrogen-bond donors (Lipinski definition) is 1. The Hall–Kier alpha value is -1.80. The molecule has 0 radical (unpaired) electrons. The van der Waals surface area contributed by atoms with Crippen LogP contribution >= 0.6 is 11.6 Å². The average Bonchev–Trinajstić information content (AvgIpc) is 2.98. The molecule has 142 valence electrons. The lowest BCUT2D eigenvalue weighted by atomic mass is 10.2. The summed E-state index contributed by atoms with van der Waals surface area (Å²) >= 11 is 5.21. The lowest BCUT2D eigenvalue weighted by Gasteiger charge is -2.25. The van der Waals surface area contributed by atoms with Crippen molar-refractivity contribution in [1.82, 2.24) is 14.5 Å². The van der Waals surface area contributed by atoms with Crippen molar-refractivity contribution in [2.24, 2.45) is 0 Å². The zero-order valence-corrected chi connectivity index (χ0v) is 16.8. The summed E-state index contributed by atoms with van der Waals surface area (Å²) in [5.41, 5.74) is 2.93. The number of pyridine rings is 1. The molecule has 0 amide bonds. The molecular weight excluding hydrogens is 384 g/mol. The fourth-order valence-electron chi connectivity index (χ4n) is 3.47. The fourth-order valence-corrected chi connectivity index (χ4v) is 4.36. The molecule has 1 aromatic carbocycles. The number of anilines is 2. The Morgan fingerprint density at radius 3 is 2.81 bits per heavy atom. The van der Waals surface area contributed by atoms with Crippen molar-refractivity contribution in [2.45, 2.75) is 37.3 Å². The summed E-state index contributed by atoms with van der Waals surface area (Å²) in [6.07, 6.45) is 4.72. The lowest BCUT2D eigenvalue weighted by Crippen LogP contribution is -2.19. The summed E-state index contributed by atoms with van der Waals surface area (Å²) in [5, 5.41) is 3.72. The monoisotopic (exact) mass is 404 g/mol. The largest absolute Gasteiger partial charge is 0.612 e. The summed E-state index contributed by atoms with van der Waals surface area (Å²) in [4.78, 5) is 9.97. The van der Waals surface area contributed by atoms with Gasteiger partial charge in [0.15, 0.2) is 10.5 Å². The Kier molecular flexibility index (Phi) is 5.27. The van der Waals surface area contributed by atoms with Crippen LogP contribution in [0.15, 0.2) is 35.2 Å². The van der Waals surface area contributed by atoms with Gasteiger partial charge in [-0.15, -0.1) is 0 Å². The number of nitrogens with zero attached hydrogens (tertiary/aromatic N) is 3. The van der Waals surface area contributed by atoms with Crippen molar-refractivity contribution >= 4 is 45.3 Å². The fraction of sp³-hybridized carbons (Fsp3) is 0.368. The van der Waals surface area contributed by atoms with Crippen LogP contribution in [0.3, 0.4) is 0 Å². The third kappa shape index (κ3) is 3.65. The van der Waals surface area contributed by atoms with Crippen molar-refractivity contribution in [2.75, 3.05) is 18.2 Å². The van der Waals surface area contributed by atoms with Gasteiger partial charge in [0.05, 0.1) is 11.4 Å². The molecule has 6 nitrogen and oxygen atoms in total. The van der Waals surface area contributed by atoms with E-state index in [9.17, 15) is 4.55 Å². The van der Waals surface area contributed by atoms with Crippen LogP contribution in [-0.4, -0.2) is 32.0 Å². The highest BCUT2D eigenvalue weighted by atomic mass is 35.5. The molecule has 1 fully saturated rings. The van der Waals surface area contributed by atoms with E-state index in [1.54, 1.807) is 12.3 Å². The minimum absolute atomic E-state index is 0.0713. The van der Waals surface area contributed by atoms with Crippen molar-refractivity contribution < 1.29 is 9.29 Å². The highest BCUT2D eigenvalue weighted by molar-refractivity contribution is 7.90. The van der Waals surface area contributed by atoms with Crippen molar-refractivity contribution in [3.05, 3.63) is 41.3 Å². The molecule has 1 saturated heterocycles. The van der Waals surface area contributed by atoms with Crippen molar-refractivity contribution in [3.8, 4) is 0 Å². The summed E-state index contributed by atoms with van der Waals surface area (Å²) in [7, 11) is 0. The third-order valence-corrected chi connectivity index (χ3v) is 5.87. The first kappa shape index (κ1) is 18.6. The maximum atomic E-state index is 12.0. The maximum absolute atomic E-state index is 12.0. The van der Waals surface area contributed by atoms with Gasteiger partial charge in [0.25, 0.3) is 0 Å². The van der Waals surface area contributed by atoms with Gasteiger partial charge in [-0.25, -0.2) is 9.97 Å². The van der Waals surface area contributed by atoms with Crippen LogP contribution in [0, 0.1) is 6.92 Å². The zero-order chi connectivity index (χ0) is 19.0. The van der Waals surface area contributed by atoms with E-state index >= 15 is 0 Å². The Labute approximate surface area is 166 Å². The highest BCUT2D eigenvalue weighted by Crippen LogP contribution is 2.34. The van der Waals surface area contributed by atoms with Gasteiger partial charge >= 0.3 is 0 Å². The molecule has 0 bridgehead atoms. The molecule has 8 heteroatoms. The lowest BCUT2D eigenvalue weighted by molar-refractivity contribution is -0.0309. The third-order valence-electron chi connectivity index (χ3n) is 4.70. The maximum Gasteiger partial charge on any atom is 0.175 e. The molecule has 0 saturated carbocycles. The van der Waals surface area contributed by atoms with Gasteiger partial charge in [-0.2, -0.15) is 0 Å². The molecule has 1 aliphatic rings. The molecular formula is C19H21ClN4O2S. The second kappa shape index (κ2) is 7.67. The van der Waals surface area contributed by atoms with Gasteiger partial charge in [-0.3, -0.25) is 4.57 Å². The summed E-state index contributed by atoms with van der Waals surface area (Å²) < 4.78 is 20.0. The molecule has 2 aromatic heterocycles. The second-order valence-electron chi connectivity index (χ2n) is 6.59. The number of fused-ring (bicyclic) bond motifs is 1. The Balaban J connectivity index is 1.80. The van der Waals surface area contributed by atoms with Crippen LogP contribution < -0.4 is 5.32 Å².